The molecule has 7 heteroatoms. The van der Waals surface area contributed by atoms with Crippen molar-refractivity contribution < 1.29 is 14.7 Å². The molecule has 2 aromatic heterocycles. The molecule has 0 aliphatic heterocycles. The van der Waals surface area contributed by atoms with Crippen LogP contribution in [0.4, 0.5) is 0 Å². The van der Waals surface area contributed by atoms with E-state index in [1.807, 2.05) is 24.4 Å². The fourth-order valence-electron chi connectivity index (χ4n) is 1.97. The maximum absolute atomic E-state index is 12.2. The van der Waals surface area contributed by atoms with Gasteiger partial charge in [-0.3, -0.25) is 14.6 Å². The monoisotopic (exact) mass is 319 g/mol. The smallest absolute Gasteiger partial charge is 0.305 e. The van der Waals surface area contributed by atoms with Crippen molar-refractivity contribution >= 4 is 23.2 Å². The van der Waals surface area contributed by atoms with E-state index in [-0.39, 0.29) is 25.3 Å². The van der Waals surface area contributed by atoms with Crippen LogP contribution in [0.25, 0.3) is 10.6 Å². The lowest BCUT2D eigenvalue weighted by Gasteiger charge is -2.19. The van der Waals surface area contributed by atoms with Gasteiger partial charge in [-0.15, -0.1) is 11.3 Å². The van der Waals surface area contributed by atoms with Crippen molar-refractivity contribution in [3.8, 4) is 10.6 Å². The molecular formula is C15H17N3O3S. The Hall–Kier alpha value is -2.28. The molecule has 1 N–H and O–H groups in total. The summed E-state index contributed by atoms with van der Waals surface area (Å²) in [5.74, 6) is -1.01. The summed E-state index contributed by atoms with van der Waals surface area (Å²) < 4.78 is 0. The van der Waals surface area contributed by atoms with Gasteiger partial charge in [0.25, 0.3) is 0 Å². The number of aromatic nitrogens is 2. The number of amides is 1. The zero-order valence-electron chi connectivity index (χ0n) is 12.2. The Morgan fingerprint density at radius 3 is 2.86 bits per heavy atom. The molecule has 2 heterocycles. The van der Waals surface area contributed by atoms with Gasteiger partial charge in [0, 0.05) is 36.4 Å². The van der Waals surface area contributed by atoms with Gasteiger partial charge in [-0.25, -0.2) is 4.98 Å². The highest BCUT2D eigenvalue weighted by atomic mass is 32.1. The van der Waals surface area contributed by atoms with Crippen LogP contribution in [0, 0.1) is 0 Å². The first-order chi connectivity index (χ1) is 10.6. The molecule has 22 heavy (non-hydrogen) atoms. The van der Waals surface area contributed by atoms with Crippen LogP contribution in [0.1, 0.15) is 19.0 Å². The maximum Gasteiger partial charge on any atom is 0.305 e. The van der Waals surface area contributed by atoms with E-state index in [9.17, 15) is 9.59 Å². The van der Waals surface area contributed by atoms with Crippen molar-refractivity contribution in [1.82, 2.24) is 14.9 Å². The van der Waals surface area contributed by atoms with Gasteiger partial charge >= 0.3 is 5.97 Å². The summed E-state index contributed by atoms with van der Waals surface area (Å²) in [5.41, 5.74) is 1.62. The lowest BCUT2D eigenvalue weighted by Crippen LogP contribution is -2.34. The molecule has 0 aromatic carbocycles. The second kappa shape index (κ2) is 7.65. The minimum Gasteiger partial charge on any atom is -0.481 e. The van der Waals surface area contributed by atoms with Gasteiger partial charge in [0.2, 0.25) is 5.91 Å². The standard InChI is InChI=1S/C15H17N3O3S/c1-2-18(7-5-14(20)21)13(19)8-12-10-22-15(17-12)11-4-3-6-16-9-11/h3-4,6,9-10H,2,5,7-8H2,1H3,(H,20,21). The van der Waals surface area contributed by atoms with Crippen LogP contribution in [-0.4, -0.2) is 44.9 Å². The van der Waals surface area contributed by atoms with E-state index in [1.165, 1.54) is 16.2 Å². The topological polar surface area (TPSA) is 83.4 Å². The molecular weight excluding hydrogens is 302 g/mol. The number of carbonyl (C=O) groups excluding carboxylic acids is 1. The molecule has 0 aliphatic carbocycles. The van der Waals surface area contributed by atoms with Crippen molar-refractivity contribution in [2.75, 3.05) is 13.1 Å². The molecule has 0 spiro atoms. The summed E-state index contributed by atoms with van der Waals surface area (Å²) in [7, 11) is 0. The molecule has 0 unspecified atom stereocenters. The van der Waals surface area contributed by atoms with Crippen molar-refractivity contribution in [2.24, 2.45) is 0 Å². The Balaban J connectivity index is 1.99. The molecule has 1 amide bonds. The summed E-state index contributed by atoms with van der Waals surface area (Å²) in [6.07, 6.45) is 3.57. The van der Waals surface area contributed by atoms with Crippen LogP contribution >= 0.6 is 11.3 Å². The zero-order chi connectivity index (χ0) is 15.9. The van der Waals surface area contributed by atoms with E-state index < -0.39 is 5.97 Å². The SMILES string of the molecule is CCN(CCC(=O)O)C(=O)Cc1csc(-c2cccnc2)n1. The van der Waals surface area contributed by atoms with E-state index in [1.54, 1.807) is 12.4 Å². The lowest BCUT2D eigenvalue weighted by atomic mass is 10.2. The molecule has 0 bridgehead atoms. The number of carboxylic acid groups (broad SMARTS) is 1. The number of likely N-dealkylation sites (N-methyl/N-ethyl adjacent to an activating group) is 1. The van der Waals surface area contributed by atoms with E-state index in [4.69, 9.17) is 5.11 Å². The van der Waals surface area contributed by atoms with Gasteiger partial charge in [0.15, 0.2) is 0 Å². The first-order valence-electron chi connectivity index (χ1n) is 6.94. The number of hydrogen-bond acceptors (Lipinski definition) is 5. The summed E-state index contributed by atoms with van der Waals surface area (Å²) in [6, 6.07) is 3.76. The minimum absolute atomic E-state index is 0.0441. The predicted octanol–water partition coefficient (Wildman–Crippen LogP) is 2.07. The van der Waals surface area contributed by atoms with Crippen LogP contribution in [0.15, 0.2) is 29.9 Å². The number of pyridine rings is 1. The average molecular weight is 319 g/mol. The van der Waals surface area contributed by atoms with Crippen molar-refractivity contribution in [1.29, 1.82) is 0 Å². The number of nitrogens with zero attached hydrogens (tertiary/aromatic N) is 3. The van der Waals surface area contributed by atoms with Crippen molar-refractivity contribution in [2.45, 2.75) is 19.8 Å². The number of rotatable bonds is 7. The predicted molar refractivity (Wildman–Crippen MR) is 83.6 cm³/mol. The Morgan fingerprint density at radius 2 is 2.23 bits per heavy atom. The molecule has 2 aromatic rings. The second-order valence-electron chi connectivity index (χ2n) is 4.68. The minimum atomic E-state index is -0.904. The normalized spacial score (nSPS) is 10.4. The van der Waals surface area contributed by atoms with Gasteiger partial charge in [0.05, 0.1) is 18.5 Å². The summed E-state index contributed by atoms with van der Waals surface area (Å²) in [5, 5.41) is 11.4. The molecule has 0 radical (unpaired) electrons. The molecule has 0 saturated heterocycles. The molecule has 0 saturated carbocycles. The maximum atomic E-state index is 12.2. The first kappa shape index (κ1) is 16.1. The van der Waals surface area contributed by atoms with E-state index >= 15 is 0 Å². The fraction of sp³-hybridized carbons (Fsp3) is 0.333. The third-order valence-electron chi connectivity index (χ3n) is 3.12. The number of carbonyl (C=O) groups is 2. The Bertz CT molecular complexity index is 642. The van der Waals surface area contributed by atoms with Gasteiger partial charge in [-0.1, -0.05) is 0 Å². The van der Waals surface area contributed by atoms with E-state index in [2.05, 4.69) is 9.97 Å². The van der Waals surface area contributed by atoms with Crippen LogP contribution < -0.4 is 0 Å². The third-order valence-corrected chi connectivity index (χ3v) is 4.06. The van der Waals surface area contributed by atoms with Crippen molar-refractivity contribution in [3.63, 3.8) is 0 Å². The quantitative estimate of drug-likeness (QED) is 0.844. The first-order valence-corrected chi connectivity index (χ1v) is 7.82. The van der Waals surface area contributed by atoms with Crippen molar-refractivity contribution in [3.05, 3.63) is 35.6 Å². The largest absolute Gasteiger partial charge is 0.481 e. The van der Waals surface area contributed by atoms with Crippen LogP contribution in [0.3, 0.4) is 0 Å². The van der Waals surface area contributed by atoms with Gasteiger partial charge in [0.1, 0.15) is 5.01 Å². The van der Waals surface area contributed by atoms with Gasteiger partial charge in [-0.05, 0) is 19.1 Å². The lowest BCUT2D eigenvalue weighted by molar-refractivity contribution is -0.138. The molecule has 0 aliphatic rings. The number of aliphatic carboxylic acids is 1. The van der Waals surface area contributed by atoms with E-state index in [0.29, 0.717) is 12.2 Å². The third kappa shape index (κ3) is 4.36. The Morgan fingerprint density at radius 1 is 1.41 bits per heavy atom. The molecule has 0 atom stereocenters. The second-order valence-corrected chi connectivity index (χ2v) is 5.54. The highest BCUT2D eigenvalue weighted by Crippen LogP contribution is 2.23. The zero-order valence-corrected chi connectivity index (χ0v) is 13.0. The summed E-state index contributed by atoms with van der Waals surface area (Å²) in [4.78, 5) is 32.8. The van der Waals surface area contributed by atoms with Gasteiger partial charge in [-0.2, -0.15) is 0 Å². The Labute approximate surface area is 132 Å². The Kier molecular flexibility index (Phi) is 5.60. The highest BCUT2D eigenvalue weighted by molar-refractivity contribution is 7.13. The van der Waals surface area contributed by atoms with Gasteiger partial charge < -0.3 is 10.0 Å². The number of carboxylic acids is 1. The average Bonchev–Trinajstić information content (AvgIpc) is 2.97. The number of hydrogen-bond donors (Lipinski definition) is 1. The molecule has 0 fully saturated rings. The molecule has 116 valence electrons. The highest BCUT2D eigenvalue weighted by Gasteiger charge is 2.15. The molecule has 2 rings (SSSR count). The summed E-state index contributed by atoms with van der Waals surface area (Å²) >= 11 is 1.47. The van der Waals surface area contributed by atoms with E-state index in [0.717, 1.165) is 10.6 Å². The summed E-state index contributed by atoms with van der Waals surface area (Å²) in [6.45, 7) is 2.55. The molecule has 6 nitrogen and oxygen atoms in total. The fourth-order valence-corrected chi connectivity index (χ4v) is 2.78. The van der Waals surface area contributed by atoms with Crippen LogP contribution in [-0.2, 0) is 16.0 Å². The van der Waals surface area contributed by atoms with Crippen LogP contribution in [0.5, 0.6) is 0 Å². The van der Waals surface area contributed by atoms with Crippen LogP contribution in [0.2, 0.25) is 0 Å². The number of thiazole rings is 1.